The minimum Gasteiger partial charge on any atom is -0.389 e. The minimum atomic E-state index is -0.538. The minimum absolute atomic E-state index is 0.304. The molecular formula is C9H15N3O2. The summed E-state index contributed by atoms with van der Waals surface area (Å²) in [6.45, 7) is 2.58. The third-order valence-electron chi connectivity index (χ3n) is 1.65. The molecule has 0 aliphatic heterocycles. The summed E-state index contributed by atoms with van der Waals surface area (Å²) >= 11 is 0. The monoisotopic (exact) mass is 197 g/mol. The summed E-state index contributed by atoms with van der Waals surface area (Å²) in [7, 11) is 1.55. The van der Waals surface area contributed by atoms with Gasteiger partial charge in [-0.2, -0.15) is 0 Å². The molecule has 1 unspecified atom stereocenters. The van der Waals surface area contributed by atoms with Crippen molar-refractivity contribution in [3.8, 4) is 0 Å². The number of nitrogens with zero attached hydrogens (tertiary/aromatic N) is 2. The zero-order chi connectivity index (χ0) is 10.4. The maximum atomic E-state index is 9.34. The number of aryl methyl sites for hydroxylation is 1. The van der Waals surface area contributed by atoms with Crippen molar-refractivity contribution < 1.29 is 9.84 Å². The molecule has 0 aliphatic rings. The van der Waals surface area contributed by atoms with Gasteiger partial charge in [0.15, 0.2) is 0 Å². The number of nitrogens with one attached hydrogen (secondary N) is 1. The Morgan fingerprint density at radius 3 is 3.07 bits per heavy atom. The van der Waals surface area contributed by atoms with Crippen molar-refractivity contribution >= 4 is 5.95 Å². The molecule has 5 heteroatoms. The van der Waals surface area contributed by atoms with Crippen molar-refractivity contribution in [1.82, 2.24) is 9.97 Å². The summed E-state index contributed by atoms with van der Waals surface area (Å²) < 4.78 is 4.78. The topological polar surface area (TPSA) is 67.3 Å². The van der Waals surface area contributed by atoms with Crippen molar-refractivity contribution in [2.75, 3.05) is 25.6 Å². The molecule has 0 saturated carbocycles. The third kappa shape index (κ3) is 3.68. The molecule has 1 aromatic rings. The van der Waals surface area contributed by atoms with Gasteiger partial charge in [-0.1, -0.05) is 0 Å². The fourth-order valence-corrected chi connectivity index (χ4v) is 0.995. The van der Waals surface area contributed by atoms with Crippen LogP contribution in [0.5, 0.6) is 0 Å². The lowest BCUT2D eigenvalue weighted by atomic mass is 10.4. The molecule has 0 amide bonds. The summed E-state index contributed by atoms with van der Waals surface area (Å²) in [6.07, 6.45) is 1.14. The fraction of sp³-hybridized carbons (Fsp3) is 0.556. The number of aromatic nitrogens is 2. The molecule has 0 aromatic carbocycles. The lowest BCUT2D eigenvalue weighted by Gasteiger charge is -2.10. The second-order valence-corrected chi connectivity index (χ2v) is 3.01. The van der Waals surface area contributed by atoms with Crippen molar-refractivity contribution in [2.45, 2.75) is 13.0 Å². The van der Waals surface area contributed by atoms with Gasteiger partial charge in [-0.15, -0.1) is 0 Å². The molecule has 2 N–H and O–H groups in total. The standard InChI is InChI=1S/C9H15N3O2/c1-7-3-4-10-9(12-7)11-5-8(13)6-14-2/h3-4,8,13H,5-6H2,1-2H3,(H,10,11,12). The Labute approximate surface area is 83.2 Å². The Morgan fingerprint density at radius 1 is 1.64 bits per heavy atom. The molecule has 78 valence electrons. The summed E-state index contributed by atoms with van der Waals surface area (Å²) in [5.41, 5.74) is 0.892. The highest BCUT2D eigenvalue weighted by atomic mass is 16.5. The fourth-order valence-electron chi connectivity index (χ4n) is 0.995. The van der Waals surface area contributed by atoms with Crippen LogP contribution in [0.3, 0.4) is 0 Å². The van der Waals surface area contributed by atoms with E-state index in [2.05, 4.69) is 15.3 Å². The number of aliphatic hydroxyl groups excluding tert-OH is 1. The van der Waals surface area contributed by atoms with E-state index in [1.807, 2.05) is 13.0 Å². The number of anilines is 1. The SMILES string of the molecule is COCC(O)CNc1nccc(C)n1. The highest BCUT2D eigenvalue weighted by Crippen LogP contribution is 1.98. The van der Waals surface area contributed by atoms with Crippen LogP contribution in [0.4, 0.5) is 5.95 Å². The van der Waals surface area contributed by atoms with Gasteiger partial charge in [0.1, 0.15) is 0 Å². The Kier molecular flexibility index (Phi) is 4.28. The summed E-state index contributed by atoms with van der Waals surface area (Å²) in [5.74, 6) is 0.528. The van der Waals surface area contributed by atoms with E-state index in [0.29, 0.717) is 19.1 Å². The molecule has 0 saturated heterocycles. The molecule has 14 heavy (non-hydrogen) atoms. The van der Waals surface area contributed by atoms with Crippen LogP contribution in [0, 0.1) is 6.92 Å². The first-order valence-electron chi connectivity index (χ1n) is 4.43. The molecular weight excluding hydrogens is 182 g/mol. The van der Waals surface area contributed by atoms with E-state index in [-0.39, 0.29) is 0 Å². The molecule has 1 rings (SSSR count). The van der Waals surface area contributed by atoms with Gasteiger partial charge in [0.25, 0.3) is 0 Å². The molecule has 0 radical (unpaired) electrons. The molecule has 0 fully saturated rings. The normalized spacial score (nSPS) is 12.5. The zero-order valence-electron chi connectivity index (χ0n) is 8.40. The van der Waals surface area contributed by atoms with Gasteiger partial charge < -0.3 is 15.2 Å². The van der Waals surface area contributed by atoms with E-state index in [4.69, 9.17) is 4.74 Å². The zero-order valence-corrected chi connectivity index (χ0v) is 8.40. The summed E-state index contributed by atoms with van der Waals surface area (Å²) in [4.78, 5) is 8.13. The van der Waals surface area contributed by atoms with Crippen molar-refractivity contribution in [3.05, 3.63) is 18.0 Å². The summed E-state index contributed by atoms with van der Waals surface area (Å²) in [6, 6.07) is 1.82. The molecule has 0 aliphatic carbocycles. The number of rotatable bonds is 5. The maximum Gasteiger partial charge on any atom is 0.222 e. The molecule has 0 spiro atoms. The van der Waals surface area contributed by atoms with E-state index in [1.165, 1.54) is 0 Å². The summed E-state index contributed by atoms with van der Waals surface area (Å²) in [5, 5.41) is 12.3. The number of aliphatic hydroxyl groups is 1. The van der Waals surface area contributed by atoms with Crippen LogP contribution in [0.15, 0.2) is 12.3 Å². The van der Waals surface area contributed by atoms with Gasteiger partial charge in [0.2, 0.25) is 5.95 Å². The van der Waals surface area contributed by atoms with E-state index in [0.717, 1.165) is 5.69 Å². The van der Waals surface area contributed by atoms with Gasteiger partial charge in [-0.05, 0) is 13.0 Å². The highest BCUT2D eigenvalue weighted by Gasteiger charge is 2.03. The Hall–Kier alpha value is -1.20. The maximum absolute atomic E-state index is 9.34. The Balaban J connectivity index is 2.37. The van der Waals surface area contributed by atoms with Crippen LogP contribution in [0.1, 0.15) is 5.69 Å². The first kappa shape index (κ1) is 10.9. The average molecular weight is 197 g/mol. The molecule has 1 aromatic heterocycles. The van der Waals surface area contributed by atoms with Crippen molar-refractivity contribution in [1.29, 1.82) is 0 Å². The quantitative estimate of drug-likeness (QED) is 0.706. The second-order valence-electron chi connectivity index (χ2n) is 3.01. The van der Waals surface area contributed by atoms with Crippen LogP contribution in [0.2, 0.25) is 0 Å². The number of hydrogen-bond acceptors (Lipinski definition) is 5. The molecule has 1 heterocycles. The van der Waals surface area contributed by atoms with E-state index < -0.39 is 6.10 Å². The third-order valence-corrected chi connectivity index (χ3v) is 1.65. The first-order valence-corrected chi connectivity index (χ1v) is 4.43. The van der Waals surface area contributed by atoms with Crippen LogP contribution >= 0.6 is 0 Å². The Bertz CT molecular complexity index is 281. The van der Waals surface area contributed by atoms with Gasteiger partial charge in [-0.3, -0.25) is 0 Å². The molecule has 5 nitrogen and oxygen atoms in total. The Morgan fingerprint density at radius 2 is 2.43 bits per heavy atom. The smallest absolute Gasteiger partial charge is 0.222 e. The van der Waals surface area contributed by atoms with Crippen LogP contribution in [0.25, 0.3) is 0 Å². The predicted molar refractivity (Wildman–Crippen MR) is 53.1 cm³/mol. The van der Waals surface area contributed by atoms with Crippen LogP contribution in [-0.2, 0) is 4.74 Å². The van der Waals surface area contributed by atoms with Crippen molar-refractivity contribution in [2.24, 2.45) is 0 Å². The van der Waals surface area contributed by atoms with Gasteiger partial charge in [-0.25, -0.2) is 9.97 Å². The second kappa shape index (κ2) is 5.51. The molecule has 1 atom stereocenters. The largest absolute Gasteiger partial charge is 0.389 e. The van der Waals surface area contributed by atoms with E-state index in [9.17, 15) is 5.11 Å². The number of methoxy groups -OCH3 is 1. The highest BCUT2D eigenvalue weighted by molar-refractivity contribution is 5.24. The number of hydrogen-bond donors (Lipinski definition) is 2. The van der Waals surface area contributed by atoms with Gasteiger partial charge in [0, 0.05) is 25.5 Å². The van der Waals surface area contributed by atoms with E-state index in [1.54, 1.807) is 13.3 Å². The van der Waals surface area contributed by atoms with E-state index >= 15 is 0 Å². The molecule has 0 bridgehead atoms. The lowest BCUT2D eigenvalue weighted by Crippen LogP contribution is -2.24. The van der Waals surface area contributed by atoms with Gasteiger partial charge >= 0.3 is 0 Å². The van der Waals surface area contributed by atoms with Crippen LogP contribution < -0.4 is 5.32 Å². The van der Waals surface area contributed by atoms with Gasteiger partial charge in [0.05, 0.1) is 12.7 Å². The van der Waals surface area contributed by atoms with Crippen molar-refractivity contribution in [3.63, 3.8) is 0 Å². The predicted octanol–water partition coefficient (Wildman–Crippen LogP) is 0.204. The first-order chi connectivity index (χ1) is 6.72. The van der Waals surface area contributed by atoms with Crippen LogP contribution in [-0.4, -0.2) is 41.4 Å². The average Bonchev–Trinajstić information content (AvgIpc) is 2.15. The number of ether oxygens (including phenoxy) is 1. The lowest BCUT2D eigenvalue weighted by molar-refractivity contribution is 0.0726.